The van der Waals surface area contributed by atoms with Gasteiger partial charge in [0.2, 0.25) is 0 Å². The van der Waals surface area contributed by atoms with E-state index in [2.05, 4.69) is 18.1 Å². The lowest BCUT2D eigenvalue weighted by molar-refractivity contribution is -0.373. The molecule has 1 saturated heterocycles. The highest BCUT2D eigenvalue weighted by atomic mass is 16.6. The molecular weight excluding hydrogens is 234 g/mol. The van der Waals surface area contributed by atoms with E-state index in [0.717, 1.165) is 6.42 Å². The SMILES string of the molecule is C=[O+]C(=O)[C@@H]1C[C@@]2(C)C[C@H]2N1C(=O)OC(C)(C)C. The number of piperidine rings is 1. The molecule has 1 aliphatic carbocycles. The summed E-state index contributed by atoms with van der Waals surface area (Å²) in [6.45, 7) is 10.6. The first-order valence-electron chi connectivity index (χ1n) is 6.15. The van der Waals surface area contributed by atoms with Gasteiger partial charge < -0.3 is 4.74 Å². The summed E-state index contributed by atoms with van der Waals surface area (Å²) in [5, 5.41) is 0. The van der Waals surface area contributed by atoms with Crippen molar-refractivity contribution in [1.29, 1.82) is 0 Å². The van der Waals surface area contributed by atoms with E-state index in [4.69, 9.17) is 4.74 Å². The Balaban J connectivity index is 2.16. The van der Waals surface area contributed by atoms with E-state index in [1.807, 2.05) is 20.8 Å². The molecule has 1 heterocycles. The summed E-state index contributed by atoms with van der Waals surface area (Å²) in [6.07, 6.45) is 1.11. The van der Waals surface area contributed by atoms with E-state index >= 15 is 0 Å². The molecule has 0 aromatic rings. The summed E-state index contributed by atoms with van der Waals surface area (Å²) in [5.74, 6) is -0.464. The van der Waals surface area contributed by atoms with Crippen LogP contribution in [0.1, 0.15) is 40.5 Å². The molecule has 5 heteroatoms. The summed E-state index contributed by atoms with van der Waals surface area (Å²) >= 11 is 0. The van der Waals surface area contributed by atoms with Crippen molar-refractivity contribution in [3.63, 3.8) is 0 Å². The molecule has 2 fully saturated rings. The van der Waals surface area contributed by atoms with Gasteiger partial charge in [0, 0.05) is 6.04 Å². The number of likely N-dealkylation sites (tertiary alicyclic amines) is 1. The lowest BCUT2D eigenvalue weighted by Crippen LogP contribution is -2.45. The third-order valence-corrected chi connectivity index (χ3v) is 3.65. The van der Waals surface area contributed by atoms with Crippen LogP contribution in [0.3, 0.4) is 0 Å². The minimum absolute atomic E-state index is 0.0375. The van der Waals surface area contributed by atoms with Crippen LogP contribution in [0.25, 0.3) is 0 Å². The largest absolute Gasteiger partial charge is 0.602 e. The zero-order chi connectivity index (χ0) is 13.7. The van der Waals surface area contributed by atoms with Crippen LogP contribution in [0.5, 0.6) is 0 Å². The molecule has 100 valence electrons. The van der Waals surface area contributed by atoms with Gasteiger partial charge in [-0.2, -0.15) is 0 Å². The van der Waals surface area contributed by atoms with Crippen LogP contribution in [0.15, 0.2) is 0 Å². The first-order valence-corrected chi connectivity index (χ1v) is 6.15. The number of hydrogen-bond donors (Lipinski definition) is 0. The van der Waals surface area contributed by atoms with Crippen molar-refractivity contribution < 1.29 is 18.8 Å². The molecule has 0 spiro atoms. The van der Waals surface area contributed by atoms with Crippen LogP contribution >= 0.6 is 0 Å². The van der Waals surface area contributed by atoms with E-state index in [9.17, 15) is 9.59 Å². The van der Waals surface area contributed by atoms with Gasteiger partial charge in [0.05, 0.1) is 4.79 Å². The second-order valence-corrected chi connectivity index (χ2v) is 6.44. The summed E-state index contributed by atoms with van der Waals surface area (Å²) < 4.78 is 9.87. The average Bonchev–Trinajstić information content (AvgIpc) is 2.77. The Morgan fingerprint density at radius 3 is 2.50 bits per heavy atom. The van der Waals surface area contributed by atoms with Crippen LogP contribution in [0.4, 0.5) is 4.79 Å². The van der Waals surface area contributed by atoms with E-state index < -0.39 is 23.7 Å². The highest BCUT2D eigenvalue weighted by Gasteiger charge is 2.67. The van der Waals surface area contributed by atoms with Gasteiger partial charge in [0.1, 0.15) is 5.60 Å². The lowest BCUT2D eigenvalue weighted by atomic mass is 10.0. The van der Waals surface area contributed by atoms with E-state index in [0.29, 0.717) is 6.42 Å². The van der Waals surface area contributed by atoms with Crippen molar-refractivity contribution in [3.05, 3.63) is 0 Å². The lowest BCUT2D eigenvalue weighted by Gasteiger charge is -2.26. The Hall–Kier alpha value is -1.39. The molecule has 1 aliphatic heterocycles. The normalized spacial score (nSPS) is 33.9. The van der Waals surface area contributed by atoms with Crippen molar-refractivity contribution in [2.24, 2.45) is 5.41 Å². The van der Waals surface area contributed by atoms with Gasteiger partial charge in [0.25, 0.3) is 0 Å². The van der Waals surface area contributed by atoms with Crippen molar-refractivity contribution in [1.82, 2.24) is 4.90 Å². The van der Waals surface area contributed by atoms with Gasteiger partial charge in [-0.1, -0.05) is 6.92 Å². The van der Waals surface area contributed by atoms with Gasteiger partial charge in [-0.05, 0) is 39.0 Å². The Bertz CT molecular complexity index is 412. The molecular formula is C13H20NO4+. The van der Waals surface area contributed by atoms with Crippen LogP contribution in [-0.2, 0) is 14.0 Å². The maximum Gasteiger partial charge on any atom is 0.602 e. The van der Waals surface area contributed by atoms with Crippen molar-refractivity contribution in [2.75, 3.05) is 0 Å². The molecule has 0 N–H and O–H groups in total. The smallest absolute Gasteiger partial charge is 0.444 e. The second-order valence-electron chi connectivity index (χ2n) is 6.44. The summed E-state index contributed by atoms with van der Waals surface area (Å²) in [6, 6.07) is -0.461. The quantitative estimate of drug-likeness (QED) is 0.669. The number of carbonyl (C=O) groups excluding carboxylic acids is 3. The topological polar surface area (TPSA) is 57.9 Å². The maximum absolute atomic E-state index is 12.1. The van der Waals surface area contributed by atoms with Crippen LogP contribution in [0.2, 0.25) is 0 Å². The molecule has 1 saturated carbocycles. The van der Waals surface area contributed by atoms with Gasteiger partial charge in [0.15, 0.2) is 12.8 Å². The summed E-state index contributed by atoms with van der Waals surface area (Å²) in [5.41, 5.74) is -0.528. The van der Waals surface area contributed by atoms with Crippen molar-refractivity contribution >= 4 is 18.9 Å². The number of nitrogens with zero attached hydrogens (tertiary/aromatic N) is 1. The molecule has 0 unspecified atom stereocenters. The van der Waals surface area contributed by atoms with Crippen molar-refractivity contribution in [2.45, 2.75) is 58.2 Å². The predicted molar refractivity (Wildman–Crippen MR) is 65.1 cm³/mol. The fraction of sp³-hybridized carbons (Fsp3) is 0.769. The van der Waals surface area contributed by atoms with Gasteiger partial charge >= 0.3 is 12.1 Å². The first kappa shape index (κ1) is 13.1. The third kappa shape index (κ3) is 2.13. The van der Waals surface area contributed by atoms with E-state index in [1.54, 1.807) is 0 Å². The monoisotopic (exact) mass is 254 g/mol. The van der Waals surface area contributed by atoms with E-state index in [1.165, 1.54) is 4.90 Å². The molecule has 5 nitrogen and oxygen atoms in total. The van der Waals surface area contributed by atoms with Crippen LogP contribution in [0, 0.1) is 5.41 Å². The zero-order valence-corrected chi connectivity index (χ0v) is 11.4. The number of rotatable bonds is 1. The van der Waals surface area contributed by atoms with Crippen molar-refractivity contribution in [3.8, 4) is 0 Å². The zero-order valence-electron chi connectivity index (χ0n) is 11.4. The highest BCUT2D eigenvalue weighted by molar-refractivity contribution is 5.82. The number of amides is 1. The maximum atomic E-state index is 12.1. The fourth-order valence-corrected chi connectivity index (χ4v) is 2.66. The molecule has 18 heavy (non-hydrogen) atoms. The Morgan fingerprint density at radius 2 is 2.00 bits per heavy atom. The van der Waals surface area contributed by atoms with Crippen LogP contribution in [-0.4, -0.2) is 41.4 Å². The highest BCUT2D eigenvalue weighted by Crippen LogP contribution is 2.59. The number of hydrogen-bond acceptors (Lipinski definition) is 3. The van der Waals surface area contributed by atoms with Gasteiger partial charge in [-0.3, -0.25) is 9.32 Å². The number of carbonyl (C=O) groups is 2. The van der Waals surface area contributed by atoms with Gasteiger partial charge in [-0.25, -0.2) is 4.79 Å². The third-order valence-electron chi connectivity index (χ3n) is 3.65. The standard InChI is InChI=1S/C13H20NO4/c1-12(2,3)18-11(16)14-8(10(15)17-5)6-13(4)7-9(13)14/h8-9H,5-7H2,1-4H3/q+1/t8-,9+,13-/m0/s1. The van der Waals surface area contributed by atoms with Crippen LogP contribution < -0.4 is 0 Å². The van der Waals surface area contributed by atoms with Gasteiger partial charge in [-0.15, -0.1) is 0 Å². The molecule has 0 radical (unpaired) electrons. The molecule has 2 aliphatic rings. The Kier molecular flexibility index (Phi) is 2.76. The molecule has 2 rings (SSSR count). The summed E-state index contributed by atoms with van der Waals surface area (Å²) in [4.78, 5) is 25.3. The molecule has 0 bridgehead atoms. The molecule has 1 amide bonds. The molecule has 3 atom stereocenters. The first-order chi connectivity index (χ1) is 8.18. The second kappa shape index (κ2) is 3.80. The predicted octanol–water partition coefficient (Wildman–Crippen LogP) is 1.67. The summed E-state index contributed by atoms with van der Waals surface area (Å²) in [7, 11) is 0. The minimum atomic E-state index is -0.566. The molecule has 0 aromatic heterocycles. The minimum Gasteiger partial charge on any atom is -0.444 e. The van der Waals surface area contributed by atoms with E-state index in [-0.39, 0.29) is 11.5 Å². The number of fused-ring (bicyclic) bond motifs is 1. The molecule has 0 aromatic carbocycles. The average molecular weight is 254 g/mol. The fourth-order valence-electron chi connectivity index (χ4n) is 2.66. The Morgan fingerprint density at radius 1 is 1.39 bits per heavy atom. The Labute approximate surface area is 107 Å². The number of ether oxygens (including phenoxy) is 1.